The smallest absolute Gasteiger partial charge is 0.295 e. The first-order chi connectivity index (χ1) is 12.7. The lowest BCUT2D eigenvalue weighted by Crippen LogP contribution is -2.43. The quantitative estimate of drug-likeness (QED) is 0.612. The maximum Gasteiger partial charge on any atom is 0.295 e. The van der Waals surface area contributed by atoms with Gasteiger partial charge in [-0.15, -0.1) is 0 Å². The summed E-state index contributed by atoms with van der Waals surface area (Å²) in [5.74, 6) is 0.161. The summed E-state index contributed by atoms with van der Waals surface area (Å²) in [6.07, 6.45) is 1.52. The van der Waals surface area contributed by atoms with Crippen LogP contribution in [0.3, 0.4) is 0 Å². The van der Waals surface area contributed by atoms with Crippen LogP contribution in [-0.2, 0) is 4.74 Å². The molecule has 0 saturated carbocycles. The van der Waals surface area contributed by atoms with Gasteiger partial charge in [-0.3, -0.25) is 14.6 Å². The number of halogens is 1. The molecule has 136 valence electrons. The standard InChI is InChI=1S/C18H18BrN3O3S/c19-13-3-4-14-16(12-13)26-18(20-14)22(17(23)15-2-1-9-25-15)6-5-21-7-10-24-11-8-21/h1-4,9,12H,5-8,10-11H2. The lowest BCUT2D eigenvalue weighted by molar-refractivity contribution is 0.0390. The van der Waals surface area contributed by atoms with Crippen molar-refractivity contribution in [2.45, 2.75) is 0 Å². The number of hydrogen-bond acceptors (Lipinski definition) is 6. The third-order valence-electron chi connectivity index (χ3n) is 4.29. The minimum absolute atomic E-state index is 0.165. The topological polar surface area (TPSA) is 58.8 Å². The average Bonchev–Trinajstić information content (AvgIpc) is 3.32. The van der Waals surface area contributed by atoms with Crippen molar-refractivity contribution in [2.75, 3.05) is 44.3 Å². The molecule has 1 aliphatic heterocycles. The van der Waals surface area contributed by atoms with Gasteiger partial charge in [0.2, 0.25) is 0 Å². The van der Waals surface area contributed by atoms with Crippen LogP contribution in [-0.4, -0.2) is 55.2 Å². The number of anilines is 1. The van der Waals surface area contributed by atoms with Gasteiger partial charge in [-0.05, 0) is 30.3 Å². The molecule has 4 rings (SSSR count). The predicted molar refractivity (Wildman–Crippen MR) is 105 cm³/mol. The van der Waals surface area contributed by atoms with Gasteiger partial charge in [0.05, 0.1) is 29.7 Å². The Bertz CT molecular complexity index is 890. The number of aromatic nitrogens is 1. The van der Waals surface area contributed by atoms with Gasteiger partial charge in [-0.1, -0.05) is 27.3 Å². The Hall–Kier alpha value is -1.74. The van der Waals surface area contributed by atoms with Gasteiger partial charge >= 0.3 is 0 Å². The lowest BCUT2D eigenvalue weighted by atomic mass is 10.3. The van der Waals surface area contributed by atoms with E-state index in [1.54, 1.807) is 17.0 Å². The molecule has 3 heterocycles. The Morgan fingerprint density at radius 2 is 2.15 bits per heavy atom. The maximum absolute atomic E-state index is 13.0. The third-order valence-corrected chi connectivity index (χ3v) is 5.83. The van der Waals surface area contributed by atoms with Crippen LogP contribution < -0.4 is 4.90 Å². The van der Waals surface area contributed by atoms with Gasteiger partial charge in [0.1, 0.15) is 0 Å². The Morgan fingerprint density at radius 3 is 2.92 bits per heavy atom. The van der Waals surface area contributed by atoms with Crippen molar-refractivity contribution in [3.05, 3.63) is 46.8 Å². The number of hydrogen-bond donors (Lipinski definition) is 0. The number of carbonyl (C=O) groups excluding carboxylic acids is 1. The molecule has 0 N–H and O–H groups in total. The molecule has 1 aliphatic rings. The van der Waals surface area contributed by atoms with Crippen LogP contribution in [0.1, 0.15) is 10.6 Å². The SMILES string of the molecule is O=C(c1ccco1)N(CCN1CCOCC1)c1nc2ccc(Br)cc2s1. The molecule has 1 fully saturated rings. The fourth-order valence-electron chi connectivity index (χ4n) is 2.89. The van der Waals surface area contributed by atoms with E-state index in [0.29, 0.717) is 17.4 Å². The Kier molecular flexibility index (Phi) is 5.35. The number of morpholine rings is 1. The monoisotopic (exact) mass is 435 g/mol. The van der Waals surface area contributed by atoms with Gasteiger partial charge in [0, 0.05) is 30.7 Å². The Morgan fingerprint density at radius 1 is 1.31 bits per heavy atom. The Balaban J connectivity index is 1.60. The highest BCUT2D eigenvalue weighted by Crippen LogP contribution is 2.31. The second-order valence-electron chi connectivity index (χ2n) is 6.00. The molecule has 2 aromatic heterocycles. The third kappa shape index (κ3) is 3.83. The molecule has 1 aromatic carbocycles. The second kappa shape index (κ2) is 7.87. The molecule has 0 aliphatic carbocycles. The summed E-state index contributed by atoms with van der Waals surface area (Å²) in [6.45, 7) is 4.57. The number of thiazole rings is 1. The number of ether oxygens (including phenoxy) is 1. The first-order valence-corrected chi connectivity index (χ1v) is 10.0. The largest absolute Gasteiger partial charge is 0.459 e. The summed E-state index contributed by atoms with van der Waals surface area (Å²) in [7, 11) is 0. The van der Waals surface area contributed by atoms with Crippen molar-refractivity contribution in [2.24, 2.45) is 0 Å². The number of fused-ring (bicyclic) bond motifs is 1. The van der Waals surface area contributed by atoms with Gasteiger partial charge in [0.15, 0.2) is 10.9 Å². The van der Waals surface area contributed by atoms with Crippen LogP contribution in [0.4, 0.5) is 5.13 Å². The molecule has 0 unspecified atom stereocenters. The first-order valence-electron chi connectivity index (χ1n) is 8.42. The Labute approximate surface area is 163 Å². The van der Waals surface area contributed by atoms with E-state index in [4.69, 9.17) is 9.15 Å². The molecule has 3 aromatic rings. The highest BCUT2D eigenvalue weighted by atomic mass is 79.9. The van der Waals surface area contributed by atoms with Gasteiger partial charge < -0.3 is 9.15 Å². The highest BCUT2D eigenvalue weighted by molar-refractivity contribution is 9.10. The molecule has 1 amide bonds. The van der Waals surface area contributed by atoms with E-state index >= 15 is 0 Å². The molecule has 8 heteroatoms. The maximum atomic E-state index is 13.0. The van der Waals surface area contributed by atoms with Crippen LogP contribution in [0.2, 0.25) is 0 Å². The highest BCUT2D eigenvalue weighted by Gasteiger charge is 2.24. The summed E-state index contributed by atoms with van der Waals surface area (Å²) in [5, 5.41) is 0.688. The van der Waals surface area contributed by atoms with E-state index in [-0.39, 0.29) is 5.91 Å². The molecular formula is C18H18BrN3O3S. The van der Waals surface area contributed by atoms with Crippen molar-refractivity contribution in [1.82, 2.24) is 9.88 Å². The van der Waals surface area contributed by atoms with Gasteiger partial charge in [0.25, 0.3) is 5.91 Å². The molecule has 26 heavy (non-hydrogen) atoms. The van der Waals surface area contributed by atoms with Crippen molar-refractivity contribution < 1.29 is 13.9 Å². The molecule has 0 radical (unpaired) electrons. The molecule has 0 bridgehead atoms. The fourth-order valence-corrected chi connectivity index (χ4v) is 4.43. The molecular weight excluding hydrogens is 418 g/mol. The van der Waals surface area contributed by atoms with Crippen LogP contribution in [0, 0.1) is 0 Å². The molecule has 1 saturated heterocycles. The molecule has 0 spiro atoms. The lowest BCUT2D eigenvalue weighted by Gasteiger charge is -2.28. The van der Waals surface area contributed by atoms with E-state index < -0.39 is 0 Å². The summed E-state index contributed by atoms with van der Waals surface area (Å²) in [5.41, 5.74) is 0.886. The predicted octanol–water partition coefficient (Wildman–Crippen LogP) is 3.63. The zero-order valence-corrected chi connectivity index (χ0v) is 16.5. The summed E-state index contributed by atoms with van der Waals surface area (Å²) < 4.78 is 12.8. The summed E-state index contributed by atoms with van der Waals surface area (Å²) >= 11 is 5.00. The number of carbonyl (C=O) groups is 1. The van der Waals surface area contributed by atoms with Gasteiger partial charge in [-0.2, -0.15) is 0 Å². The number of nitrogens with zero attached hydrogens (tertiary/aromatic N) is 3. The molecule has 6 nitrogen and oxygen atoms in total. The van der Waals surface area contributed by atoms with Crippen molar-refractivity contribution in [3.8, 4) is 0 Å². The van der Waals surface area contributed by atoms with Gasteiger partial charge in [-0.25, -0.2) is 4.98 Å². The first kappa shape index (κ1) is 17.7. The van der Waals surface area contributed by atoms with E-state index in [2.05, 4.69) is 25.8 Å². The average molecular weight is 436 g/mol. The number of rotatable bonds is 5. The van der Waals surface area contributed by atoms with E-state index in [1.165, 1.54) is 17.6 Å². The van der Waals surface area contributed by atoms with E-state index in [1.807, 2.05) is 18.2 Å². The normalized spacial score (nSPS) is 15.4. The minimum Gasteiger partial charge on any atom is -0.459 e. The number of benzene rings is 1. The zero-order valence-electron chi connectivity index (χ0n) is 14.1. The number of furan rings is 1. The summed E-state index contributed by atoms with van der Waals surface area (Å²) in [4.78, 5) is 21.7. The number of amides is 1. The summed E-state index contributed by atoms with van der Waals surface area (Å²) in [6, 6.07) is 9.35. The van der Waals surface area contributed by atoms with Crippen molar-refractivity contribution in [1.29, 1.82) is 0 Å². The zero-order chi connectivity index (χ0) is 17.9. The fraction of sp³-hybridized carbons (Fsp3) is 0.333. The van der Waals surface area contributed by atoms with Crippen molar-refractivity contribution in [3.63, 3.8) is 0 Å². The van der Waals surface area contributed by atoms with E-state index in [9.17, 15) is 4.79 Å². The molecule has 0 atom stereocenters. The van der Waals surface area contributed by atoms with E-state index in [0.717, 1.165) is 47.5 Å². The van der Waals surface area contributed by atoms with Crippen LogP contribution in [0.15, 0.2) is 45.5 Å². The van der Waals surface area contributed by atoms with Crippen LogP contribution in [0.25, 0.3) is 10.2 Å². The van der Waals surface area contributed by atoms with Crippen LogP contribution >= 0.6 is 27.3 Å². The van der Waals surface area contributed by atoms with Crippen molar-refractivity contribution >= 4 is 48.5 Å². The second-order valence-corrected chi connectivity index (χ2v) is 7.92. The minimum atomic E-state index is -0.165. The van der Waals surface area contributed by atoms with Crippen LogP contribution in [0.5, 0.6) is 0 Å².